The summed E-state index contributed by atoms with van der Waals surface area (Å²) in [6, 6.07) is 3.78. The van der Waals surface area contributed by atoms with E-state index in [4.69, 9.17) is 5.73 Å². The number of nitrogens with two attached hydrogens (primary N) is 1. The molecule has 0 bridgehead atoms. The van der Waals surface area contributed by atoms with E-state index in [1.807, 2.05) is 24.4 Å². The van der Waals surface area contributed by atoms with Gasteiger partial charge in [0.05, 0.1) is 0 Å². The Labute approximate surface area is 93.1 Å². The highest BCUT2D eigenvalue weighted by molar-refractivity contribution is 7.10. The van der Waals surface area contributed by atoms with E-state index >= 15 is 0 Å². The molecule has 2 atom stereocenters. The number of aliphatic hydroxyl groups is 1. The molecule has 0 radical (unpaired) electrons. The molecule has 5 heteroatoms. The Bertz CT molecular complexity index is 300. The van der Waals surface area contributed by atoms with Gasteiger partial charge in [-0.2, -0.15) is 0 Å². The average Bonchev–Trinajstić information content (AvgIpc) is 2.65. The summed E-state index contributed by atoms with van der Waals surface area (Å²) in [5.41, 5.74) is 5.05. The minimum atomic E-state index is -0.514. The van der Waals surface area contributed by atoms with Crippen LogP contribution < -0.4 is 11.1 Å². The van der Waals surface area contributed by atoms with E-state index in [1.54, 1.807) is 0 Å². The fourth-order valence-corrected chi connectivity index (χ4v) is 1.98. The number of rotatable bonds is 6. The van der Waals surface area contributed by atoms with Gasteiger partial charge < -0.3 is 16.2 Å². The maximum atomic E-state index is 10.6. The molecule has 0 aromatic carbocycles. The highest BCUT2D eigenvalue weighted by Gasteiger charge is 2.11. The summed E-state index contributed by atoms with van der Waals surface area (Å²) < 4.78 is 0. The largest absolute Gasteiger partial charge is 0.386 e. The van der Waals surface area contributed by atoms with Crippen molar-refractivity contribution >= 4 is 17.2 Å². The lowest BCUT2D eigenvalue weighted by Crippen LogP contribution is -2.33. The zero-order chi connectivity index (χ0) is 11.3. The third kappa shape index (κ3) is 4.42. The minimum Gasteiger partial charge on any atom is -0.386 e. The summed E-state index contributed by atoms with van der Waals surface area (Å²) in [6.07, 6.45) is -0.225. The Morgan fingerprint density at radius 1 is 1.73 bits per heavy atom. The maximum absolute atomic E-state index is 10.6. The van der Waals surface area contributed by atoms with E-state index < -0.39 is 6.10 Å². The summed E-state index contributed by atoms with van der Waals surface area (Å²) in [4.78, 5) is 11.5. The van der Waals surface area contributed by atoms with Crippen molar-refractivity contribution in [2.24, 2.45) is 5.73 Å². The summed E-state index contributed by atoms with van der Waals surface area (Å²) in [7, 11) is 0. The molecule has 1 amide bonds. The Balaban J connectivity index is 2.28. The number of hydrogen-bond acceptors (Lipinski definition) is 4. The highest BCUT2D eigenvalue weighted by atomic mass is 32.1. The second-order valence-corrected chi connectivity index (χ2v) is 4.49. The molecule has 84 valence electrons. The van der Waals surface area contributed by atoms with Crippen LogP contribution in [0.25, 0.3) is 0 Å². The van der Waals surface area contributed by atoms with Crippen LogP contribution in [0.3, 0.4) is 0 Å². The van der Waals surface area contributed by atoms with Crippen LogP contribution in [0.2, 0.25) is 0 Å². The Hall–Kier alpha value is -0.910. The summed E-state index contributed by atoms with van der Waals surface area (Å²) in [5.74, 6) is -0.333. The Morgan fingerprint density at radius 2 is 2.47 bits per heavy atom. The number of carbonyl (C=O) groups excluding carboxylic acids is 1. The van der Waals surface area contributed by atoms with Crippen LogP contribution in [-0.4, -0.2) is 23.6 Å². The molecule has 1 aromatic rings. The molecule has 2 unspecified atom stereocenters. The van der Waals surface area contributed by atoms with Gasteiger partial charge in [-0.25, -0.2) is 0 Å². The van der Waals surface area contributed by atoms with E-state index in [0.29, 0.717) is 6.54 Å². The van der Waals surface area contributed by atoms with E-state index in [2.05, 4.69) is 5.32 Å². The normalized spacial score (nSPS) is 14.8. The molecule has 1 heterocycles. The SMILES string of the molecule is CC(CC(N)=O)NCC(O)c1cccs1. The minimum absolute atomic E-state index is 0.00267. The van der Waals surface area contributed by atoms with Gasteiger partial charge in [0, 0.05) is 23.9 Å². The number of nitrogens with one attached hydrogen (secondary N) is 1. The Morgan fingerprint density at radius 3 is 3.00 bits per heavy atom. The molecule has 0 fully saturated rings. The summed E-state index contributed by atoms with van der Waals surface area (Å²) >= 11 is 1.51. The molecule has 1 rings (SSSR count). The van der Waals surface area contributed by atoms with Crippen molar-refractivity contribution in [3.63, 3.8) is 0 Å². The average molecular weight is 228 g/mol. The van der Waals surface area contributed by atoms with Gasteiger partial charge in [-0.05, 0) is 18.4 Å². The van der Waals surface area contributed by atoms with Crippen LogP contribution in [0.15, 0.2) is 17.5 Å². The van der Waals surface area contributed by atoms with Crippen molar-refractivity contribution in [3.05, 3.63) is 22.4 Å². The predicted octanol–water partition coefficient (Wildman–Crippen LogP) is 0.635. The number of aliphatic hydroxyl groups excluding tert-OH is 1. The number of thiophene rings is 1. The van der Waals surface area contributed by atoms with E-state index in [0.717, 1.165) is 4.88 Å². The number of primary amides is 1. The molecule has 0 saturated carbocycles. The molecule has 0 aliphatic rings. The van der Waals surface area contributed by atoms with E-state index in [1.165, 1.54) is 11.3 Å². The van der Waals surface area contributed by atoms with Crippen LogP contribution in [0.1, 0.15) is 24.3 Å². The van der Waals surface area contributed by atoms with Crippen LogP contribution in [-0.2, 0) is 4.79 Å². The smallest absolute Gasteiger partial charge is 0.218 e. The first kappa shape index (κ1) is 12.2. The Kier molecular flexibility index (Phi) is 4.74. The van der Waals surface area contributed by atoms with Crippen LogP contribution in [0.4, 0.5) is 0 Å². The number of amides is 1. The van der Waals surface area contributed by atoms with E-state index in [-0.39, 0.29) is 18.4 Å². The van der Waals surface area contributed by atoms with Gasteiger partial charge in [0.25, 0.3) is 0 Å². The first-order valence-electron chi connectivity index (χ1n) is 4.82. The van der Waals surface area contributed by atoms with Crippen molar-refractivity contribution in [2.75, 3.05) is 6.54 Å². The molecule has 4 nitrogen and oxygen atoms in total. The zero-order valence-electron chi connectivity index (χ0n) is 8.64. The molecule has 15 heavy (non-hydrogen) atoms. The topological polar surface area (TPSA) is 75.4 Å². The predicted molar refractivity (Wildman–Crippen MR) is 60.6 cm³/mol. The molecule has 4 N–H and O–H groups in total. The summed E-state index contributed by atoms with van der Waals surface area (Å²) in [5, 5.41) is 14.7. The lowest BCUT2D eigenvalue weighted by atomic mass is 10.2. The lowest BCUT2D eigenvalue weighted by molar-refractivity contribution is -0.118. The van der Waals surface area contributed by atoms with Crippen molar-refractivity contribution in [1.82, 2.24) is 5.32 Å². The van der Waals surface area contributed by atoms with Crippen molar-refractivity contribution in [1.29, 1.82) is 0 Å². The van der Waals surface area contributed by atoms with Gasteiger partial charge in [0.2, 0.25) is 5.91 Å². The van der Waals surface area contributed by atoms with E-state index in [9.17, 15) is 9.90 Å². The standard InChI is InChI=1S/C10H16N2O2S/c1-7(5-10(11)14)12-6-8(13)9-3-2-4-15-9/h2-4,7-8,12-13H,5-6H2,1H3,(H2,11,14). The fraction of sp³-hybridized carbons (Fsp3) is 0.500. The van der Waals surface area contributed by atoms with Crippen molar-refractivity contribution in [2.45, 2.75) is 25.5 Å². The van der Waals surface area contributed by atoms with Crippen molar-refractivity contribution in [3.8, 4) is 0 Å². The second-order valence-electron chi connectivity index (χ2n) is 3.51. The maximum Gasteiger partial charge on any atom is 0.218 e. The van der Waals surface area contributed by atoms with Gasteiger partial charge in [0.15, 0.2) is 0 Å². The first-order valence-corrected chi connectivity index (χ1v) is 5.70. The number of carbonyl (C=O) groups is 1. The summed E-state index contributed by atoms with van der Waals surface area (Å²) in [6.45, 7) is 2.31. The van der Waals surface area contributed by atoms with Gasteiger partial charge >= 0.3 is 0 Å². The fourth-order valence-electron chi connectivity index (χ4n) is 1.27. The van der Waals surface area contributed by atoms with Crippen LogP contribution in [0.5, 0.6) is 0 Å². The molecular formula is C10H16N2O2S. The third-order valence-electron chi connectivity index (χ3n) is 2.04. The molecule has 0 aliphatic carbocycles. The third-order valence-corrected chi connectivity index (χ3v) is 3.01. The monoisotopic (exact) mass is 228 g/mol. The van der Waals surface area contributed by atoms with Gasteiger partial charge in [0.1, 0.15) is 6.10 Å². The van der Waals surface area contributed by atoms with Crippen molar-refractivity contribution < 1.29 is 9.90 Å². The molecule has 1 aromatic heterocycles. The quantitative estimate of drug-likeness (QED) is 0.668. The lowest BCUT2D eigenvalue weighted by Gasteiger charge is -2.14. The van der Waals surface area contributed by atoms with Gasteiger partial charge in [-0.3, -0.25) is 4.79 Å². The van der Waals surface area contributed by atoms with Gasteiger partial charge in [-0.1, -0.05) is 6.07 Å². The molecular weight excluding hydrogens is 212 g/mol. The molecule has 0 saturated heterocycles. The first-order chi connectivity index (χ1) is 7.09. The van der Waals surface area contributed by atoms with Crippen LogP contribution >= 0.6 is 11.3 Å². The number of hydrogen-bond donors (Lipinski definition) is 3. The zero-order valence-corrected chi connectivity index (χ0v) is 9.46. The molecule has 0 spiro atoms. The highest BCUT2D eigenvalue weighted by Crippen LogP contribution is 2.17. The second kappa shape index (κ2) is 5.85. The van der Waals surface area contributed by atoms with Crippen LogP contribution in [0, 0.1) is 0 Å². The molecule has 0 aliphatic heterocycles. The van der Waals surface area contributed by atoms with Gasteiger partial charge in [-0.15, -0.1) is 11.3 Å².